The van der Waals surface area contributed by atoms with Crippen molar-refractivity contribution in [3.8, 4) is 0 Å². The molecule has 0 bridgehead atoms. The molecule has 1 fully saturated rings. The van der Waals surface area contributed by atoms with E-state index in [1.165, 1.54) is 5.56 Å². The minimum absolute atomic E-state index is 0.182. The molecule has 1 aliphatic heterocycles. The summed E-state index contributed by atoms with van der Waals surface area (Å²) in [6.07, 6.45) is 1.10. The smallest absolute Gasteiger partial charge is 0.0791 e. The van der Waals surface area contributed by atoms with Gasteiger partial charge < -0.3 is 21.1 Å². The summed E-state index contributed by atoms with van der Waals surface area (Å²) >= 11 is 0. The Morgan fingerprint density at radius 1 is 1.05 bits per heavy atom. The Morgan fingerprint density at radius 3 is 2.67 bits per heavy atom. The number of hydrogen-bond donors (Lipinski definition) is 2. The molecule has 21 heavy (non-hydrogen) atoms. The number of ether oxygens (including phenoxy) is 1. The van der Waals surface area contributed by atoms with E-state index in [0.717, 1.165) is 25.2 Å². The number of anilines is 3. The first-order valence-electron chi connectivity index (χ1n) is 7.28. The summed E-state index contributed by atoms with van der Waals surface area (Å²) in [5.41, 5.74) is 15.6. The highest BCUT2D eigenvalue weighted by Gasteiger charge is 2.22. The lowest BCUT2D eigenvalue weighted by Gasteiger charge is -2.35. The molecule has 0 amide bonds. The molecule has 1 atom stereocenters. The summed E-state index contributed by atoms with van der Waals surface area (Å²) in [7, 11) is 0. The maximum absolute atomic E-state index is 6.10. The molecular weight excluding hydrogens is 262 g/mol. The predicted octanol–water partition coefficient (Wildman–Crippen LogP) is 2.30. The van der Waals surface area contributed by atoms with E-state index < -0.39 is 0 Å². The van der Waals surface area contributed by atoms with Crippen LogP contribution in [0.3, 0.4) is 0 Å². The van der Waals surface area contributed by atoms with Crippen molar-refractivity contribution in [2.75, 3.05) is 36.1 Å². The van der Waals surface area contributed by atoms with Gasteiger partial charge in [-0.3, -0.25) is 0 Å². The molecule has 2 aromatic carbocycles. The van der Waals surface area contributed by atoms with Crippen molar-refractivity contribution >= 4 is 17.1 Å². The molecule has 0 aliphatic carbocycles. The standard InChI is InChI=1S/C17H21N3O/c18-15-7-4-8-16(17(15)19)20-9-10-21-14(12-20)11-13-5-2-1-3-6-13/h1-8,14H,9-12,18-19H2/t14-/m0/s1. The third-order valence-electron chi connectivity index (χ3n) is 3.90. The lowest BCUT2D eigenvalue weighted by atomic mass is 10.1. The molecular formula is C17H21N3O. The van der Waals surface area contributed by atoms with Gasteiger partial charge in [-0.15, -0.1) is 0 Å². The maximum Gasteiger partial charge on any atom is 0.0791 e. The van der Waals surface area contributed by atoms with Crippen LogP contribution in [0.15, 0.2) is 48.5 Å². The third kappa shape index (κ3) is 3.11. The lowest BCUT2D eigenvalue weighted by Crippen LogP contribution is -2.43. The first-order valence-corrected chi connectivity index (χ1v) is 7.28. The highest BCUT2D eigenvalue weighted by atomic mass is 16.5. The average molecular weight is 283 g/mol. The zero-order valence-corrected chi connectivity index (χ0v) is 12.0. The quantitative estimate of drug-likeness (QED) is 0.848. The van der Waals surface area contributed by atoms with Crippen LogP contribution in [-0.2, 0) is 11.2 Å². The van der Waals surface area contributed by atoms with Gasteiger partial charge in [-0.25, -0.2) is 0 Å². The molecule has 0 radical (unpaired) electrons. The van der Waals surface area contributed by atoms with Crippen molar-refractivity contribution in [3.05, 3.63) is 54.1 Å². The molecule has 3 rings (SSSR count). The summed E-state index contributed by atoms with van der Waals surface area (Å²) in [5.74, 6) is 0. The van der Waals surface area contributed by atoms with Crippen LogP contribution in [0.5, 0.6) is 0 Å². The second-order valence-corrected chi connectivity index (χ2v) is 5.41. The van der Waals surface area contributed by atoms with Gasteiger partial charge in [0.05, 0.1) is 29.8 Å². The van der Waals surface area contributed by atoms with Crippen LogP contribution in [0.2, 0.25) is 0 Å². The number of nitrogens with two attached hydrogens (primary N) is 2. The fourth-order valence-corrected chi connectivity index (χ4v) is 2.78. The van der Waals surface area contributed by atoms with E-state index in [-0.39, 0.29) is 6.10 Å². The van der Waals surface area contributed by atoms with Crippen LogP contribution in [0, 0.1) is 0 Å². The van der Waals surface area contributed by atoms with E-state index >= 15 is 0 Å². The Labute approximate surface area is 125 Å². The Bertz CT molecular complexity index is 600. The third-order valence-corrected chi connectivity index (χ3v) is 3.90. The summed E-state index contributed by atoms with van der Waals surface area (Å²) in [5, 5.41) is 0. The topological polar surface area (TPSA) is 64.5 Å². The van der Waals surface area contributed by atoms with Crippen molar-refractivity contribution < 1.29 is 4.74 Å². The first kappa shape index (κ1) is 13.8. The van der Waals surface area contributed by atoms with Crippen molar-refractivity contribution in [2.24, 2.45) is 0 Å². The molecule has 0 spiro atoms. The number of rotatable bonds is 3. The van der Waals surface area contributed by atoms with Gasteiger partial charge >= 0.3 is 0 Å². The van der Waals surface area contributed by atoms with Gasteiger partial charge in [-0.05, 0) is 17.7 Å². The zero-order valence-electron chi connectivity index (χ0n) is 12.0. The summed E-state index contributed by atoms with van der Waals surface area (Å²) < 4.78 is 5.89. The molecule has 1 aliphatic rings. The van der Waals surface area contributed by atoms with Crippen molar-refractivity contribution in [2.45, 2.75) is 12.5 Å². The largest absolute Gasteiger partial charge is 0.397 e. The Balaban J connectivity index is 1.72. The predicted molar refractivity (Wildman–Crippen MR) is 87.4 cm³/mol. The molecule has 0 saturated carbocycles. The Kier molecular flexibility index (Phi) is 3.97. The molecule has 4 heteroatoms. The van der Waals surface area contributed by atoms with Crippen LogP contribution < -0.4 is 16.4 Å². The minimum Gasteiger partial charge on any atom is -0.397 e. The van der Waals surface area contributed by atoms with Gasteiger partial charge in [0.15, 0.2) is 0 Å². The average Bonchev–Trinajstić information content (AvgIpc) is 2.51. The normalized spacial score (nSPS) is 18.7. The molecule has 1 saturated heterocycles. The first-order chi connectivity index (χ1) is 10.2. The number of hydrogen-bond acceptors (Lipinski definition) is 4. The Morgan fingerprint density at radius 2 is 1.86 bits per heavy atom. The van der Waals surface area contributed by atoms with E-state index in [9.17, 15) is 0 Å². The van der Waals surface area contributed by atoms with Crippen LogP contribution in [-0.4, -0.2) is 25.8 Å². The van der Waals surface area contributed by atoms with Crippen molar-refractivity contribution in [1.29, 1.82) is 0 Å². The van der Waals surface area contributed by atoms with Crippen molar-refractivity contribution in [3.63, 3.8) is 0 Å². The highest BCUT2D eigenvalue weighted by Crippen LogP contribution is 2.29. The van der Waals surface area contributed by atoms with E-state index in [0.29, 0.717) is 18.0 Å². The van der Waals surface area contributed by atoms with E-state index in [1.807, 2.05) is 24.3 Å². The fourth-order valence-electron chi connectivity index (χ4n) is 2.78. The van der Waals surface area contributed by atoms with Crippen molar-refractivity contribution in [1.82, 2.24) is 0 Å². The number of para-hydroxylation sites is 1. The number of nitrogen functional groups attached to an aromatic ring is 2. The molecule has 2 aromatic rings. The SMILES string of the molecule is Nc1cccc(N2CCO[C@@H](Cc3ccccc3)C2)c1N. The van der Waals surface area contributed by atoms with E-state index in [4.69, 9.17) is 16.2 Å². The van der Waals surface area contributed by atoms with E-state index in [2.05, 4.69) is 29.2 Å². The molecule has 1 heterocycles. The lowest BCUT2D eigenvalue weighted by molar-refractivity contribution is 0.0411. The number of morpholine rings is 1. The summed E-state index contributed by atoms with van der Waals surface area (Å²) in [4.78, 5) is 2.27. The van der Waals surface area contributed by atoms with Gasteiger partial charge in [0.1, 0.15) is 0 Å². The van der Waals surface area contributed by atoms with Crippen LogP contribution in [0.4, 0.5) is 17.1 Å². The minimum atomic E-state index is 0.182. The molecule has 4 nitrogen and oxygen atoms in total. The van der Waals surface area contributed by atoms with Gasteiger partial charge in [0, 0.05) is 19.5 Å². The van der Waals surface area contributed by atoms with Gasteiger partial charge in [-0.1, -0.05) is 36.4 Å². The zero-order chi connectivity index (χ0) is 14.7. The fraction of sp³-hybridized carbons (Fsp3) is 0.294. The van der Waals surface area contributed by atoms with E-state index in [1.54, 1.807) is 0 Å². The van der Waals surface area contributed by atoms with Crippen LogP contribution >= 0.6 is 0 Å². The summed E-state index contributed by atoms with van der Waals surface area (Å²) in [6, 6.07) is 16.2. The van der Waals surface area contributed by atoms with Crippen LogP contribution in [0.25, 0.3) is 0 Å². The van der Waals surface area contributed by atoms with Gasteiger partial charge in [0.2, 0.25) is 0 Å². The van der Waals surface area contributed by atoms with Crippen LogP contribution in [0.1, 0.15) is 5.56 Å². The molecule has 0 aromatic heterocycles. The number of benzene rings is 2. The van der Waals surface area contributed by atoms with Gasteiger partial charge in [0.25, 0.3) is 0 Å². The Hall–Kier alpha value is -2.20. The second kappa shape index (κ2) is 6.06. The molecule has 4 N–H and O–H groups in total. The monoisotopic (exact) mass is 283 g/mol. The molecule has 0 unspecified atom stereocenters. The van der Waals surface area contributed by atoms with Gasteiger partial charge in [-0.2, -0.15) is 0 Å². The maximum atomic E-state index is 6.10. The second-order valence-electron chi connectivity index (χ2n) is 5.41. The highest BCUT2D eigenvalue weighted by molar-refractivity contribution is 5.79. The molecule has 110 valence electrons. The summed E-state index contributed by atoms with van der Waals surface area (Å²) in [6.45, 7) is 2.40. The number of nitrogens with zero attached hydrogens (tertiary/aromatic N) is 1.